The van der Waals surface area contributed by atoms with Crippen molar-refractivity contribution in [1.29, 1.82) is 0 Å². The van der Waals surface area contributed by atoms with Crippen molar-refractivity contribution in [3.63, 3.8) is 0 Å². The zero-order valence-electron chi connectivity index (χ0n) is 5.24. The van der Waals surface area contributed by atoms with Gasteiger partial charge >= 0.3 is 0 Å². The molecule has 0 aromatic heterocycles. The van der Waals surface area contributed by atoms with Gasteiger partial charge in [0.05, 0.1) is 21.5 Å². The maximum atomic E-state index is 5.85. The molecule has 0 aromatic carbocycles. The van der Waals surface area contributed by atoms with E-state index in [1.54, 1.807) is 0 Å². The Morgan fingerprint density at radius 2 is 0.800 bits per heavy atom. The average molecular weight is 222 g/mol. The zero-order chi connectivity index (χ0) is 7.72. The molecule has 0 unspecified atom stereocenters. The third-order valence-corrected chi connectivity index (χ3v) is 3.87. The van der Waals surface area contributed by atoms with Gasteiger partial charge in [0.1, 0.15) is 0 Å². The minimum absolute atomic E-state index is 0.0147. The summed E-state index contributed by atoms with van der Waals surface area (Å²) in [5, 5.41) is -0.0586. The van der Waals surface area contributed by atoms with Gasteiger partial charge < -0.3 is 0 Å². The van der Waals surface area contributed by atoms with Crippen molar-refractivity contribution in [2.45, 2.75) is 34.3 Å². The van der Waals surface area contributed by atoms with Gasteiger partial charge in [0.2, 0.25) is 0 Å². The summed E-state index contributed by atoms with van der Waals surface area (Å²) in [6, 6.07) is 0. The van der Waals surface area contributed by atoms with Crippen LogP contribution in [-0.2, 0) is 0 Å². The molecule has 1 saturated carbocycles. The molecule has 0 nitrogen and oxygen atoms in total. The number of halogens is 4. The molecule has 0 radical (unpaired) electrons. The Kier molecular flexibility index (Phi) is 3.43. The quantitative estimate of drug-likeness (QED) is 0.552. The normalized spacial score (nSPS) is 49.2. The largest absolute Gasteiger partial charge is 0.121 e. The number of hydrogen-bond donors (Lipinski definition) is 0. The highest BCUT2D eigenvalue weighted by molar-refractivity contribution is 6.34. The van der Waals surface area contributed by atoms with Crippen LogP contribution in [0.3, 0.4) is 0 Å². The molecule has 1 aliphatic rings. The van der Waals surface area contributed by atoms with Crippen LogP contribution in [0.15, 0.2) is 0 Å². The van der Waals surface area contributed by atoms with Crippen LogP contribution < -0.4 is 0 Å². The van der Waals surface area contributed by atoms with Crippen LogP contribution in [0.2, 0.25) is 0 Å². The highest BCUT2D eigenvalue weighted by Crippen LogP contribution is 2.33. The van der Waals surface area contributed by atoms with Crippen LogP contribution >= 0.6 is 46.4 Å². The summed E-state index contributed by atoms with van der Waals surface area (Å²) < 4.78 is 0. The third kappa shape index (κ3) is 2.07. The fraction of sp³-hybridized carbons (Fsp3) is 1.00. The molecule has 0 spiro atoms. The van der Waals surface area contributed by atoms with E-state index in [-0.39, 0.29) is 21.5 Å². The Labute approximate surface area is 80.8 Å². The van der Waals surface area contributed by atoms with Crippen LogP contribution in [0.25, 0.3) is 0 Å². The summed E-state index contributed by atoms with van der Waals surface area (Å²) >= 11 is 23.4. The first kappa shape index (κ1) is 9.25. The Morgan fingerprint density at radius 3 is 1.00 bits per heavy atom. The molecule has 0 saturated heterocycles. The molecule has 1 aliphatic carbocycles. The van der Waals surface area contributed by atoms with Crippen molar-refractivity contribution >= 4 is 46.4 Å². The fourth-order valence-electron chi connectivity index (χ4n) is 1.02. The maximum absolute atomic E-state index is 5.85. The second kappa shape index (κ2) is 3.71. The van der Waals surface area contributed by atoms with Crippen molar-refractivity contribution in [2.75, 3.05) is 0 Å². The fourth-order valence-corrected chi connectivity index (χ4v) is 2.38. The molecule has 0 bridgehead atoms. The van der Waals surface area contributed by atoms with Crippen LogP contribution in [0.5, 0.6) is 0 Å². The van der Waals surface area contributed by atoms with Crippen LogP contribution in [0.1, 0.15) is 12.8 Å². The lowest BCUT2D eigenvalue weighted by molar-refractivity contribution is 0.531. The summed E-state index contributed by atoms with van der Waals surface area (Å²) in [4.78, 5) is 0. The minimum atomic E-state index is -0.0147. The number of alkyl halides is 4. The van der Waals surface area contributed by atoms with E-state index < -0.39 is 0 Å². The monoisotopic (exact) mass is 220 g/mol. The Balaban J connectivity index is 2.46. The van der Waals surface area contributed by atoms with Crippen molar-refractivity contribution in [3.05, 3.63) is 0 Å². The number of rotatable bonds is 0. The molecule has 10 heavy (non-hydrogen) atoms. The molecule has 0 N–H and O–H groups in total. The number of hydrogen-bond acceptors (Lipinski definition) is 0. The molecule has 0 aliphatic heterocycles. The lowest BCUT2D eigenvalue weighted by atomic mass is 9.99. The predicted octanol–water partition coefficient (Wildman–Crippen LogP) is 3.21. The van der Waals surface area contributed by atoms with Gasteiger partial charge in [-0.1, -0.05) is 0 Å². The van der Waals surface area contributed by atoms with Crippen molar-refractivity contribution < 1.29 is 0 Å². The van der Waals surface area contributed by atoms with Crippen LogP contribution in [0, 0.1) is 0 Å². The molecule has 60 valence electrons. The van der Waals surface area contributed by atoms with Crippen molar-refractivity contribution in [1.82, 2.24) is 0 Å². The lowest BCUT2D eigenvalue weighted by Gasteiger charge is -2.29. The second-order valence-corrected chi connectivity index (χ2v) is 4.78. The van der Waals surface area contributed by atoms with Gasteiger partial charge in [-0.25, -0.2) is 0 Å². The van der Waals surface area contributed by atoms with Gasteiger partial charge in [0, 0.05) is 0 Å². The lowest BCUT2D eigenvalue weighted by Crippen LogP contribution is -2.34. The first-order valence-corrected chi connectivity index (χ1v) is 4.92. The minimum Gasteiger partial charge on any atom is -0.121 e. The third-order valence-electron chi connectivity index (χ3n) is 1.69. The van der Waals surface area contributed by atoms with Gasteiger partial charge in [0.25, 0.3) is 0 Å². The first-order chi connectivity index (χ1) is 4.61. The smallest absolute Gasteiger partial charge is 0.0514 e. The van der Waals surface area contributed by atoms with E-state index in [0.717, 1.165) is 0 Å². The van der Waals surface area contributed by atoms with E-state index in [1.165, 1.54) is 0 Å². The topological polar surface area (TPSA) is 0 Å². The van der Waals surface area contributed by atoms with Gasteiger partial charge in [-0.2, -0.15) is 0 Å². The molecule has 4 heteroatoms. The highest BCUT2D eigenvalue weighted by atomic mass is 35.5. The summed E-state index contributed by atoms with van der Waals surface area (Å²) in [6.45, 7) is 0. The Morgan fingerprint density at radius 1 is 0.600 bits per heavy atom. The molecular formula is C6H8Cl4. The van der Waals surface area contributed by atoms with E-state index in [4.69, 9.17) is 46.4 Å². The van der Waals surface area contributed by atoms with Crippen molar-refractivity contribution in [3.8, 4) is 0 Å². The first-order valence-electron chi connectivity index (χ1n) is 3.17. The van der Waals surface area contributed by atoms with Gasteiger partial charge in [0.15, 0.2) is 0 Å². The average Bonchev–Trinajstić information content (AvgIpc) is 1.84. The second-order valence-electron chi connectivity index (χ2n) is 2.54. The molecule has 1 fully saturated rings. The van der Waals surface area contributed by atoms with E-state index >= 15 is 0 Å². The predicted molar refractivity (Wildman–Crippen MR) is 47.8 cm³/mol. The summed E-state index contributed by atoms with van der Waals surface area (Å²) in [7, 11) is 0. The van der Waals surface area contributed by atoms with Crippen molar-refractivity contribution in [2.24, 2.45) is 0 Å². The highest BCUT2D eigenvalue weighted by Gasteiger charge is 2.32. The molecule has 4 atom stereocenters. The molecule has 0 heterocycles. The molecule has 1 rings (SSSR count). The van der Waals surface area contributed by atoms with E-state index in [0.29, 0.717) is 12.8 Å². The molecule has 0 aromatic rings. The van der Waals surface area contributed by atoms with E-state index in [1.807, 2.05) is 0 Å². The summed E-state index contributed by atoms with van der Waals surface area (Å²) in [6.07, 6.45) is 1.43. The van der Waals surface area contributed by atoms with Crippen LogP contribution in [0.4, 0.5) is 0 Å². The maximum Gasteiger partial charge on any atom is 0.0514 e. The molecular weight excluding hydrogens is 214 g/mol. The van der Waals surface area contributed by atoms with Gasteiger partial charge in [-0.05, 0) is 12.8 Å². The standard InChI is InChI=1S/C6H8Cl4/c7-3-1-4(8)6(10)2-5(3)9/h3-6H,1-2H2/t3-,4-,5-,6+/m0/s1. The van der Waals surface area contributed by atoms with E-state index in [9.17, 15) is 0 Å². The van der Waals surface area contributed by atoms with Crippen LogP contribution in [-0.4, -0.2) is 21.5 Å². The van der Waals surface area contributed by atoms with Gasteiger partial charge in [-0.3, -0.25) is 0 Å². The Hall–Kier alpha value is 1.16. The zero-order valence-corrected chi connectivity index (χ0v) is 8.26. The summed E-state index contributed by atoms with van der Waals surface area (Å²) in [5.41, 5.74) is 0. The SMILES string of the molecule is Cl[C@@H]1C[C@H](Cl)[C@@H](Cl)C[C@@H]1Cl. The van der Waals surface area contributed by atoms with Gasteiger partial charge in [-0.15, -0.1) is 46.4 Å². The summed E-state index contributed by atoms with van der Waals surface area (Å²) in [5.74, 6) is 0. The molecule has 0 amide bonds. The van der Waals surface area contributed by atoms with E-state index in [2.05, 4.69) is 0 Å². The Bertz CT molecular complexity index is 90.3.